The lowest BCUT2D eigenvalue weighted by Gasteiger charge is -2.06. The summed E-state index contributed by atoms with van der Waals surface area (Å²) in [6.07, 6.45) is 3.71. The van der Waals surface area contributed by atoms with Gasteiger partial charge < -0.3 is 10.4 Å². The highest BCUT2D eigenvalue weighted by molar-refractivity contribution is 5.40. The van der Waals surface area contributed by atoms with Crippen LogP contribution < -0.4 is 5.32 Å². The summed E-state index contributed by atoms with van der Waals surface area (Å²) >= 11 is 0. The molecular weight excluding hydrogens is 228 g/mol. The number of rotatable bonds is 4. The summed E-state index contributed by atoms with van der Waals surface area (Å²) in [4.78, 5) is 4.29. The van der Waals surface area contributed by atoms with Gasteiger partial charge in [0.25, 0.3) is 0 Å². The molecule has 0 unspecified atom stereocenters. The molecule has 96 valence electrons. The van der Waals surface area contributed by atoms with E-state index in [4.69, 9.17) is 0 Å². The molecule has 2 N–H and O–H groups in total. The first kappa shape index (κ1) is 12.4. The Kier molecular flexibility index (Phi) is 3.50. The lowest BCUT2D eigenvalue weighted by atomic mass is 10.3. The summed E-state index contributed by atoms with van der Waals surface area (Å²) in [5.74, 6) is 0.212. The van der Waals surface area contributed by atoms with Gasteiger partial charge in [-0.2, -0.15) is 5.10 Å². The third-order valence-electron chi connectivity index (χ3n) is 2.68. The standard InChI is InChI=1S/C13H18N4O/c1-9(2)17-8-11(6-15-17)14-7-12-13(18)5-4-10(3)16-12/h4-6,8-9,14,18H,7H2,1-3H3. The number of pyridine rings is 1. The summed E-state index contributed by atoms with van der Waals surface area (Å²) in [6.45, 7) is 6.53. The van der Waals surface area contributed by atoms with E-state index < -0.39 is 0 Å². The number of nitrogens with zero attached hydrogens (tertiary/aromatic N) is 3. The number of aryl methyl sites for hydroxylation is 1. The Morgan fingerprint density at radius 2 is 2.17 bits per heavy atom. The van der Waals surface area contributed by atoms with Crippen LogP contribution in [0.2, 0.25) is 0 Å². The van der Waals surface area contributed by atoms with Gasteiger partial charge in [-0.1, -0.05) is 0 Å². The Labute approximate surface area is 106 Å². The van der Waals surface area contributed by atoms with E-state index in [1.165, 1.54) is 0 Å². The lowest BCUT2D eigenvalue weighted by Crippen LogP contribution is -2.03. The average Bonchev–Trinajstić information content (AvgIpc) is 2.79. The molecule has 0 saturated carbocycles. The number of aromatic hydroxyl groups is 1. The predicted molar refractivity (Wildman–Crippen MR) is 70.6 cm³/mol. The summed E-state index contributed by atoms with van der Waals surface area (Å²) < 4.78 is 1.88. The van der Waals surface area contributed by atoms with Gasteiger partial charge in [0.15, 0.2) is 0 Å². The molecule has 0 radical (unpaired) electrons. The summed E-state index contributed by atoms with van der Waals surface area (Å²) in [5, 5.41) is 17.1. The highest BCUT2D eigenvalue weighted by atomic mass is 16.3. The van der Waals surface area contributed by atoms with Crippen LogP contribution in [0.4, 0.5) is 5.69 Å². The van der Waals surface area contributed by atoms with Crippen LogP contribution in [-0.2, 0) is 6.54 Å². The van der Waals surface area contributed by atoms with Crippen molar-refractivity contribution in [3.63, 3.8) is 0 Å². The van der Waals surface area contributed by atoms with Gasteiger partial charge in [0.1, 0.15) is 11.4 Å². The SMILES string of the molecule is Cc1ccc(O)c(CNc2cnn(C(C)C)c2)n1. The van der Waals surface area contributed by atoms with Crippen LogP contribution in [0.25, 0.3) is 0 Å². The van der Waals surface area contributed by atoms with E-state index in [1.807, 2.05) is 17.8 Å². The zero-order valence-corrected chi connectivity index (χ0v) is 10.9. The fourth-order valence-electron chi connectivity index (χ4n) is 1.63. The second-order valence-electron chi connectivity index (χ2n) is 4.57. The third-order valence-corrected chi connectivity index (χ3v) is 2.68. The minimum absolute atomic E-state index is 0.212. The first-order valence-electron chi connectivity index (χ1n) is 6.00. The predicted octanol–water partition coefficient (Wildman–Crippen LogP) is 2.49. The van der Waals surface area contributed by atoms with Gasteiger partial charge in [-0.05, 0) is 32.9 Å². The molecule has 0 aromatic carbocycles. The van der Waals surface area contributed by atoms with Crippen molar-refractivity contribution >= 4 is 5.69 Å². The molecule has 0 amide bonds. The third kappa shape index (κ3) is 2.80. The van der Waals surface area contributed by atoms with Gasteiger partial charge in [-0.3, -0.25) is 9.67 Å². The van der Waals surface area contributed by atoms with Crippen LogP contribution in [0.1, 0.15) is 31.3 Å². The van der Waals surface area contributed by atoms with Gasteiger partial charge >= 0.3 is 0 Å². The number of anilines is 1. The van der Waals surface area contributed by atoms with Crippen molar-refractivity contribution in [1.29, 1.82) is 0 Å². The van der Waals surface area contributed by atoms with Crippen molar-refractivity contribution < 1.29 is 5.11 Å². The zero-order valence-electron chi connectivity index (χ0n) is 10.9. The van der Waals surface area contributed by atoms with E-state index in [-0.39, 0.29) is 5.75 Å². The first-order chi connectivity index (χ1) is 8.56. The fourth-order valence-corrected chi connectivity index (χ4v) is 1.63. The minimum Gasteiger partial charge on any atom is -0.506 e. The topological polar surface area (TPSA) is 63.0 Å². The largest absolute Gasteiger partial charge is 0.506 e. The van der Waals surface area contributed by atoms with Crippen LogP contribution in [0.5, 0.6) is 5.75 Å². The molecule has 0 bridgehead atoms. The highest BCUT2D eigenvalue weighted by Crippen LogP contribution is 2.17. The van der Waals surface area contributed by atoms with Crippen molar-refractivity contribution in [2.75, 3.05) is 5.32 Å². The second kappa shape index (κ2) is 5.08. The smallest absolute Gasteiger partial charge is 0.138 e. The zero-order chi connectivity index (χ0) is 13.1. The maximum Gasteiger partial charge on any atom is 0.138 e. The monoisotopic (exact) mass is 246 g/mol. The van der Waals surface area contributed by atoms with Crippen LogP contribution in [0, 0.1) is 6.92 Å². The van der Waals surface area contributed by atoms with Crippen molar-refractivity contribution in [2.45, 2.75) is 33.4 Å². The van der Waals surface area contributed by atoms with Gasteiger partial charge in [0, 0.05) is 17.9 Å². The second-order valence-corrected chi connectivity index (χ2v) is 4.57. The molecule has 0 aliphatic heterocycles. The molecular formula is C13H18N4O. The lowest BCUT2D eigenvalue weighted by molar-refractivity contribution is 0.464. The quantitative estimate of drug-likeness (QED) is 0.870. The van der Waals surface area contributed by atoms with Crippen molar-refractivity contribution in [3.05, 3.63) is 35.9 Å². The Bertz CT molecular complexity index is 534. The van der Waals surface area contributed by atoms with Crippen molar-refractivity contribution in [3.8, 4) is 5.75 Å². The molecule has 2 rings (SSSR count). The molecule has 2 aromatic heterocycles. The van der Waals surface area contributed by atoms with Crippen LogP contribution in [0.3, 0.4) is 0 Å². The molecule has 0 fully saturated rings. The molecule has 2 heterocycles. The molecule has 18 heavy (non-hydrogen) atoms. The van der Waals surface area contributed by atoms with Gasteiger partial charge in [0.05, 0.1) is 18.4 Å². The number of nitrogens with one attached hydrogen (secondary N) is 1. The van der Waals surface area contributed by atoms with E-state index in [9.17, 15) is 5.11 Å². The molecule has 0 aliphatic rings. The molecule has 5 nitrogen and oxygen atoms in total. The normalized spacial score (nSPS) is 10.9. The number of hydrogen-bond acceptors (Lipinski definition) is 4. The minimum atomic E-state index is 0.212. The molecule has 0 aliphatic carbocycles. The maximum absolute atomic E-state index is 9.68. The summed E-state index contributed by atoms with van der Waals surface area (Å²) in [5.41, 5.74) is 2.46. The van der Waals surface area contributed by atoms with E-state index in [0.29, 0.717) is 18.3 Å². The Morgan fingerprint density at radius 1 is 1.39 bits per heavy atom. The van der Waals surface area contributed by atoms with Crippen LogP contribution in [-0.4, -0.2) is 19.9 Å². The van der Waals surface area contributed by atoms with Gasteiger partial charge in [0.2, 0.25) is 0 Å². The van der Waals surface area contributed by atoms with Crippen molar-refractivity contribution in [2.24, 2.45) is 0 Å². The molecule has 0 atom stereocenters. The average molecular weight is 246 g/mol. The van der Waals surface area contributed by atoms with Crippen LogP contribution in [0.15, 0.2) is 24.5 Å². The molecule has 2 aromatic rings. The highest BCUT2D eigenvalue weighted by Gasteiger charge is 2.05. The molecule has 5 heteroatoms. The first-order valence-corrected chi connectivity index (χ1v) is 6.00. The molecule has 0 spiro atoms. The van der Waals surface area contributed by atoms with E-state index in [1.54, 1.807) is 18.3 Å². The number of hydrogen-bond donors (Lipinski definition) is 2. The van der Waals surface area contributed by atoms with Gasteiger partial charge in [-0.25, -0.2) is 0 Å². The van der Waals surface area contributed by atoms with Gasteiger partial charge in [-0.15, -0.1) is 0 Å². The van der Waals surface area contributed by atoms with E-state index in [2.05, 4.69) is 29.2 Å². The van der Waals surface area contributed by atoms with E-state index in [0.717, 1.165) is 11.4 Å². The molecule has 0 saturated heterocycles. The Balaban J connectivity index is 2.04. The number of aromatic nitrogens is 3. The Hall–Kier alpha value is -2.04. The maximum atomic E-state index is 9.68. The Morgan fingerprint density at radius 3 is 2.83 bits per heavy atom. The van der Waals surface area contributed by atoms with E-state index >= 15 is 0 Å². The van der Waals surface area contributed by atoms with Crippen LogP contribution >= 0.6 is 0 Å². The fraction of sp³-hybridized carbons (Fsp3) is 0.385. The van der Waals surface area contributed by atoms with Crippen molar-refractivity contribution in [1.82, 2.24) is 14.8 Å². The summed E-state index contributed by atoms with van der Waals surface area (Å²) in [7, 11) is 0. The summed E-state index contributed by atoms with van der Waals surface area (Å²) in [6, 6.07) is 3.79.